The summed E-state index contributed by atoms with van der Waals surface area (Å²) in [5.74, 6) is -0.135. The van der Waals surface area contributed by atoms with Crippen LogP contribution in [0.3, 0.4) is 0 Å². The summed E-state index contributed by atoms with van der Waals surface area (Å²) >= 11 is 6.30. The van der Waals surface area contributed by atoms with E-state index in [-0.39, 0.29) is 9.64 Å². The van der Waals surface area contributed by atoms with Gasteiger partial charge in [-0.3, -0.25) is 4.79 Å². The lowest BCUT2D eigenvalue weighted by molar-refractivity contribution is -0.114. The average molecular weight is 384 g/mol. The molecule has 19 heavy (non-hydrogen) atoms. The maximum Gasteiger partial charge on any atom is 0.248 e. The van der Waals surface area contributed by atoms with Gasteiger partial charge in [-0.2, -0.15) is 0 Å². The van der Waals surface area contributed by atoms with Gasteiger partial charge in [0.05, 0.1) is 0 Å². The zero-order valence-corrected chi connectivity index (χ0v) is 13.1. The van der Waals surface area contributed by atoms with Crippen LogP contribution in [-0.4, -0.2) is 9.64 Å². The summed E-state index contributed by atoms with van der Waals surface area (Å²) in [6, 6.07) is 17.5. The van der Waals surface area contributed by atoms with E-state index in [4.69, 9.17) is 0 Å². The Kier molecular flexibility index (Phi) is 4.99. The molecular weight excluding hydrogens is 372 g/mol. The standard InChI is InChI=1S/C14H12Br2N2O/c15-13(16)14(19)18-12-8-6-11(7-9-12)17-10-4-2-1-3-5-10/h1-9,13,17H,(H,18,19). The highest BCUT2D eigenvalue weighted by atomic mass is 79.9. The summed E-state index contributed by atoms with van der Waals surface area (Å²) in [5, 5.41) is 6.05. The number of nitrogens with one attached hydrogen (secondary N) is 2. The van der Waals surface area contributed by atoms with Crippen LogP contribution in [-0.2, 0) is 4.79 Å². The van der Waals surface area contributed by atoms with Crippen LogP contribution in [0, 0.1) is 0 Å². The molecule has 2 N–H and O–H groups in total. The van der Waals surface area contributed by atoms with E-state index < -0.39 is 0 Å². The number of hydrogen-bond donors (Lipinski definition) is 2. The van der Waals surface area contributed by atoms with E-state index in [1.807, 2.05) is 54.6 Å². The summed E-state index contributed by atoms with van der Waals surface area (Å²) in [7, 11) is 0. The van der Waals surface area contributed by atoms with Crippen molar-refractivity contribution in [2.24, 2.45) is 0 Å². The molecule has 0 radical (unpaired) electrons. The summed E-state index contributed by atoms with van der Waals surface area (Å²) in [5.41, 5.74) is 2.76. The second-order valence-electron chi connectivity index (χ2n) is 3.86. The van der Waals surface area contributed by atoms with E-state index in [1.165, 1.54) is 0 Å². The first-order valence-corrected chi connectivity index (χ1v) is 7.49. The van der Waals surface area contributed by atoms with Crippen LogP contribution in [0.15, 0.2) is 54.6 Å². The van der Waals surface area contributed by atoms with Crippen LogP contribution in [0.1, 0.15) is 0 Å². The van der Waals surface area contributed by atoms with Crippen molar-refractivity contribution in [3.63, 3.8) is 0 Å². The first kappa shape index (κ1) is 14.1. The number of alkyl halides is 2. The molecule has 98 valence electrons. The number of benzene rings is 2. The minimum absolute atomic E-state index is 0.135. The zero-order chi connectivity index (χ0) is 13.7. The first-order chi connectivity index (χ1) is 9.15. The van der Waals surface area contributed by atoms with Crippen molar-refractivity contribution in [2.45, 2.75) is 3.74 Å². The maximum absolute atomic E-state index is 11.5. The van der Waals surface area contributed by atoms with E-state index in [9.17, 15) is 4.79 Å². The van der Waals surface area contributed by atoms with Crippen LogP contribution in [0.2, 0.25) is 0 Å². The number of amides is 1. The number of hydrogen-bond acceptors (Lipinski definition) is 2. The predicted molar refractivity (Wildman–Crippen MR) is 86.4 cm³/mol. The fourth-order valence-electron chi connectivity index (χ4n) is 1.52. The number of anilines is 3. The maximum atomic E-state index is 11.5. The molecule has 0 atom stereocenters. The van der Waals surface area contributed by atoms with Gasteiger partial charge in [0.1, 0.15) is 3.74 Å². The van der Waals surface area contributed by atoms with Crippen molar-refractivity contribution in [1.29, 1.82) is 0 Å². The molecule has 3 nitrogen and oxygen atoms in total. The van der Waals surface area contributed by atoms with E-state index in [1.54, 1.807) is 0 Å². The fourth-order valence-corrected chi connectivity index (χ4v) is 1.75. The van der Waals surface area contributed by atoms with Crippen LogP contribution < -0.4 is 10.6 Å². The van der Waals surface area contributed by atoms with Gasteiger partial charge in [0.15, 0.2) is 0 Å². The van der Waals surface area contributed by atoms with E-state index >= 15 is 0 Å². The molecule has 0 unspecified atom stereocenters. The average Bonchev–Trinajstić information content (AvgIpc) is 2.42. The zero-order valence-electron chi connectivity index (χ0n) is 9.94. The number of carbonyl (C=O) groups is 1. The lowest BCUT2D eigenvalue weighted by Crippen LogP contribution is -2.17. The van der Waals surface area contributed by atoms with Crippen LogP contribution >= 0.6 is 31.9 Å². The van der Waals surface area contributed by atoms with Crippen molar-refractivity contribution >= 4 is 54.8 Å². The highest BCUT2D eigenvalue weighted by Gasteiger charge is 2.09. The fraction of sp³-hybridized carbons (Fsp3) is 0.0714. The van der Waals surface area contributed by atoms with Gasteiger partial charge < -0.3 is 10.6 Å². The smallest absolute Gasteiger partial charge is 0.248 e. The second-order valence-corrected chi connectivity index (χ2v) is 6.92. The number of carbonyl (C=O) groups excluding carboxylic acids is 1. The van der Waals surface area contributed by atoms with Crippen LogP contribution in [0.25, 0.3) is 0 Å². The quantitative estimate of drug-likeness (QED) is 0.764. The van der Waals surface area contributed by atoms with Crippen molar-refractivity contribution in [1.82, 2.24) is 0 Å². The highest BCUT2D eigenvalue weighted by Crippen LogP contribution is 2.19. The highest BCUT2D eigenvalue weighted by molar-refractivity contribution is 9.25. The SMILES string of the molecule is O=C(Nc1ccc(Nc2ccccc2)cc1)C(Br)Br. The normalized spacial score (nSPS) is 10.3. The lowest BCUT2D eigenvalue weighted by Gasteiger charge is -2.09. The van der Waals surface area contributed by atoms with Gasteiger partial charge >= 0.3 is 0 Å². The van der Waals surface area contributed by atoms with Gasteiger partial charge in [0.2, 0.25) is 5.91 Å². The Bertz CT molecular complexity index is 541. The minimum atomic E-state index is -0.387. The Hall–Kier alpha value is -1.33. The molecule has 0 fully saturated rings. The first-order valence-electron chi connectivity index (χ1n) is 5.66. The Morgan fingerprint density at radius 2 is 1.37 bits per heavy atom. The van der Waals surface area contributed by atoms with E-state index in [0.717, 1.165) is 17.1 Å². The van der Waals surface area contributed by atoms with E-state index in [0.29, 0.717) is 0 Å². The summed E-state index contributed by atoms with van der Waals surface area (Å²) in [6.07, 6.45) is 0. The molecule has 0 bridgehead atoms. The molecular formula is C14H12Br2N2O. The Labute approximate surface area is 128 Å². The topological polar surface area (TPSA) is 41.1 Å². The Morgan fingerprint density at radius 1 is 0.842 bits per heavy atom. The third-order valence-corrected chi connectivity index (χ3v) is 3.24. The molecule has 0 heterocycles. The molecule has 1 amide bonds. The van der Waals surface area contributed by atoms with Crippen LogP contribution in [0.5, 0.6) is 0 Å². The molecule has 0 aliphatic rings. The third-order valence-electron chi connectivity index (χ3n) is 2.41. The second kappa shape index (κ2) is 6.73. The molecule has 0 aliphatic heterocycles. The number of rotatable bonds is 4. The van der Waals surface area contributed by atoms with Crippen molar-refractivity contribution in [3.8, 4) is 0 Å². The van der Waals surface area contributed by atoms with Crippen LogP contribution in [0.4, 0.5) is 17.1 Å². The Balaban J connectivity index is 2.01. The van der Waals surface area contributed by atoms with Gasteiger partial charge in [0, 0.05) is 17.1 Å². The molecule has 2 aromatic carbocycles. The van der Waals surface area contributed by atoms with Gasteiger partial charge in [-0.25, -0.2) is 0 Å². The summed E-state index contributed by atoms with van der Waals surface area (Å²) < 4.78 is -0.387. The molecule has 2 rings (SSSR count). The van der Waals surface area contributed by atoms with Gasteiger partial charge in [-0.1, -0.05) is 50.1 Å². The van der Waals surface area contributed by atoms with Gasteiger partial charge in [-0.15, -0.1) is 0 Å². The summed E-state index contributed by atoms with van der Waals surface area (Å²) in [6.45, 7) is 0. The largest absolute Gasteiger partial charge is 0.356 e. The monoisotopic (exact) mass is 382 g/mol. The van der Waals surface area contributed by atoms with Crippen molar-refractivity contribution < 1.29 is 4.79 Å². The molecule has 0 aliphatic carbocycles. The van der Waals surface area contributed by atoms with Gasteiger partial charge in [0.25, 0.3) is 0 Å². The molecule has 2 aromatic rings. The minimum Gasteiger partial charge on any atom is -0.356 e. The van der Waals surface area contributed by atoms with E-state index in [2.05, 4.69) is 42.5 Å². The molecule has 0 spiro atoms. The molecule has 0 saturated heterocycles. The van der Waals surface area contributed by atoms with Crippen molar-refractivity contribution in [2.75, 3.05) is 10.6 Å². The number of halogens is 2. The lowest BCUT2D eigenvalue weighted by atomic mass is 10.2. The summed E-state index contributed by atoms with van der Waals surface area (Å²) in [4.78, 5) is 11.5. The Morgan fingerprint density at radius 3 is 1.95 bits per heavy atom. The predicted octanol–water partition coefficient (Wildman–Crippen LogP) is 4.48. The van der Waals surface area contributed by atoms with Gasteiger partial charge in [-0.05, 0) is 36.4 Å². The molecule has 0 aromatic heterocycles. The molecule has 0 saturated carbocycles. The van der Waals surface area contributed by atoms with Crippen molar-refractivity contribution in [3.05, 3.63) is 54.6 Å². The number of para-hydroxylation sites is 1. The third kappa shape index (κ3) is 4.36. The molecule has 5 heteroatoms.